The van der Waals surface area contributed by atoms with Gasteiger partial charge in [0.1, 0.15) is 12.2 Å². The van der Waals surface area contributed by atoms with Crippen molar-refractivity contribution >= 4 is 23.3 Å². The van der Waals surface area contributed by atoms with Crippen molar-refractivity contribution in [2.75, 3.05) is 6.54 Å². The third-order valence-electron chi connectivity index (χ3n) is 4.24. The van der Waals surface area contributed by atoms with E-state index in [2.05, 4.69) is 15.1 Å². The molecule has 6 nitrogen and oxygen atoms in total. The van der Waals surface area contributed by atoms with Gasteiger partial charge in [0.05, 0.1) is 12.2 Å². The Morgan fingerprint density at radius 2 is 2.19 bits per heavy atom. The maximum absolute atomic E-state index is 12.9. The molecular formula is C17H15F2N5OS. The molecule has 3 heterocycles. The van der Waals surface area contributed by atoms with Crippen LogP contribution in [0.2, 0.25) is 0 Å². The highest BCUT2D eigenvalue weighted by atomic mass is 32.2. The van der Waals surface area contributed by atoms with E-state index >= 15 is 0 Å². The molecule has 0 bridgehead atoms. The zero-order valence-electron chi connectivity index (χ0n) is 13.9. The minimum atomic E-state index is -2.52. The number of rotatable bonds is 3. The van der Waals surface area contributed by atoms with E-state index in [9.17, 15) is 13.6 Å². The minimum absolute atomic E-state index is 0.189. The molecule has 3 aromatic rings. The molecule has 134 valence electrons. The maximum Gasteiger partial charge on any atom is 0.288 e. The Balaban J connectivity index is 1.62. The fourth-order valence-electron chi connectivity index (χ4n) is 3.10. The average Bonchev–Trinajstić information content (AvgIpc) is 3.01. The number of hydrogen-bond donors (Lipinski definition) is 0. The molecule has 1 amide bonds. The second kappa shape index (κ2) is 6.64. The number of benzene rings is 1. The number of hydrogen-bond acceptors (Lipinski definition) is 5. The summed E-state index contributed by atoms with van der Waals surface area (Å²) >= 11 is 0.434. The van der Waals surface area contributed by atoms with Crippen molar-refractivity contribution in [3.8, 4) is 0 Å². The van der Waals surface area contributed by atoms with E-state index in [1.165, 1.54) is 6.07 Å². The minimum Gasteiger partial charge on any atom is -0.334 e. The second-order valence-corrected chi connectivity index (χ2v) is 7.04. The molecule has 0 saturated carbocycles. The van der Waals surface area contributed by atoms with Crippen LogP contribution in [0.1, 0.15) is 27.4 Å². The van der Waals surface area contributed by atoms with Gasteiger partial charge in [0, 0.05) is 29.0 Å². The highest BCUT2D eigenvalue weighted by Crippen LogP contribution is 2.27. The molecule has 0 spiro atoms. The summed E-state index contributed by atoms with van der Waals surface area (Å²) in [6.07, 6.45) is 2.26. The fourth-order valence-corrected chi connectivity index (χ4v) is 3.66. The largest absolute Gasteiger partial charge is 0.334 e. The van der Waals surface area contributed by atoms with Gasteiger partial charge in [-0.1, -0.05) is 17.8 Å². The number of alkyl halides is 2. The molecule has 0 fully saturated rings. The standard InChI is InChI=1S/C17H15F2N5OS/c1-10-21-15-13-8-23(6-5-14(13)20-9-24(15)22-10)16(25)11-3-2-4-12(7-11)26-17(18)19/h2-4,7,9,17H,5-6,8H2,1H3. The smallest absolute Gasteiger partial charge is 0.288 e. The van der Waals surface area contributed by atoms with Crippen LogP contribution in [0.4, 0.5) is 8.78 Å². The third-order valence-corrected chi connectivity index (χ3v) is 4.94. The predicted molar refractivity (Wildman–Crippen MR) is 92.3 cm³/mol. The molecule has 0 N–H and O–H groups in total. The number of carbonyl (C=O) groups excluding carboxylic acids is 1. The Morgan fingerprint density at radius 3 is 3.00 bits per heavy atom. The van der Waals surface area contributed by atoms with Gasteiger partial charge < -0.3 is 4.90 Å². The van der Waals surface area contributed by atoms with E-state index in [0.29, 0.717) is 53.2 Å². The summed E-state index contributed by atoms with van der Waals surface area (Å²) in [5.41, 5.74) is 2.89. The lowest BCUT2D eigenvalue weighted by Crippen LogP contribution is -2.36. The van der Waals surface area contributed by atoms with Crippen molar-refractivity contribution in [3.63, 3.8) is 0 Å². The normalized spacial score (nSPS) is 14.1. The second-order valence-electron chi connectivity index (χ2n) is 5.98. The zero-order valence-corrected chi connectivity index (χ0v) is 14.7. The van der Waals surface area contributed by atoms with Crippen LogP contribution >= 0.6 is 11.8 Å². The molecule has 1 aliphatic rings. The summed E-state index contributed by atoms with van der Waals surface area (Å²) < 4.78 is 26.8. The number of fused-ring (bicyclic) bond motifs is 3. The van der Waals surface area contributed by atoms with Crippen LogP contribution in [0, 0.1) is 6.92 Å². The van der Waals surface area contributed by atoms with Gasteiger partial charge in [-0.15, -0.1) is 0 Å². The Morgan fingerprint density at radius 1 is 1.35 bits per heavy atom. The Bertz CT molecular complexity index is 990. The molecule has 1 aliphatic heterocycles. The third kappa shape index (κ3) is 3.14. The monoisotopic (exact) mass is 375 g/mol. The van der Waals surface area contributed by atoms with E-state index < -0.39 is 5.76 Å². The predicted octanol–water partition coefficient (Wildman–Crippen LogP) is 2.95. The summed E-state index contributed by atoms with van der Waals surface area (Å²) in [6, 6.07) is 6.35. The first-order chi connectivity index (χ1) is 12.5. The van der Waals surface area contributed by atoms with Crippen molar-refractivity contribution in [1.29, 1.82) is 0 Å². The number of nitrogens with zero attached hydrogens (tertiary/aromatic N) is 5. The topological polar surface area (TPSA) is 63.4 Å². The van der Waals surface area contributed by atoms with Gasteiger partial charge in [0.15, 0.2) is 5.65 Å². The van der Waals surface area contributed by atoms with Crippen molar-refractivity contribution in [2.24, 2.45) is 0 Å². The molecule has 4 rings (SSSR count). The van der Waals surface area contributed by atoms with Crippen LogP contribution in [-0.2, 0) is 13.0 Å². The molecule has 0 atom stereocenters. The van der Waals surface area contributed by atoms with E-state index in [1.54, 1.807) is 40.9 Å². The van der Waals surface area contributed by atoms with Crippen molar-refractivity contribution < 1.29 is 13.6 Å². The van der Waals surface area contributed by atoms with E-state index in [4.69, 9.17) is 0 Å². The number of aromatic nitrogens is 4. The quantitative estimate of drug-likeness (QED) is 0.659. The summed E-state index contributed by atoms with van der Waals surface area (Å²) in [4.78, 5) is 23.8. The molecule has 0 radical (unpaired) electrons. The summed E-state index contributed by atoms with van der Waals surface area (Å²) in [5, 5.41) is 4.25. The molecule has 1 aromatic carbocycles. The lowest BCUT2D eigenvalue weighted by atomic mass is 10.1. The lowest BCUT2D eigenvalue weighted by Gasteiger charge is -2.28. The number of aryl methyl sites for hydroxylation is 1. The average molecular weight is 375 g/mol. The molecule has 0 unspecified atom stereocenters. The van der Waals surface area contributed by atoms with Crippen LogP contribution in [0.5, 0.6) is 0 Å². The number of amides is 1. The number of halogens is 2. The number of thioether (sulfide) groups is 1. The molecule has 2 aromatic heterocycles. The van der Waals surface area contributed by atoms with Crippen molar-refractivity contribution in [3.05, 3.63) is 53.2 Å². The van der Waals surface area contributed by atoms with E-state index in [1.807, 2.05) is 0 Å². The van der Waals surface area contributed by atoms with E-state index in [0.717, 1.165) is 11.3 Å². The Hall–Kier alpha value is -2.55. The fraction of sp³-hybridized carbons (Fsp3) is 0.294. The van der Waals surface area contributed by atoms with Crippen molar-refractivity contribution in [1.82, 2.24) is 24.5 Å². The summed E-state index contributed by atoms with van der Waals surface area (Å²) in [6.45, 7) is 2.70. The SMILES string of the molecule is Cc1nc2c3c(ncn2n1)CCN(C(=O)c1cccc(SC(F)F)c1)C3. The molecule has 0 saturated heterocycles. The molecule has 26 heavy (non-hydrogen) atoms. The summed E-state index contributed by atoms with van der Waals surface area (Å²) in [5.74, 6) is -2.07. The lowest BCUT2D eigenvalue weighted by molar-refractivity contribution is 0.0733. The Kier molecular flexibility index (Phi) is 4.31. The highest BCUT2D eigenvalue weighted by Gasteiger charge is 2.25. The molecule has 0 aliphatic carbocycles. The summed E-state index contributed by atoms with van der Waals surface area (Å²) in [7, 11) is 0. The first kappa shape index (κ1) is 16.9. The van der Waals surface area contributed by atoms with Crippen LogP contribution in [0.3, 0.4) is 0 Å². The molecule has 9 heteroatoms. The highest BCUT2D eigenvalue weighted by molar-refractivity contribution is 7.99. The van der Waals surface area contributed by atoms with Gasteiger partial charge in [-0.25, -0.2) is 14.5 Å². The van der Waals surface area contributed by atoms with Gasteiger partial charge in [-0.05, 0) is 25.1 Å². The van der Waals surface area contributed by atoms with Crippen LogP contribution in [-0.4, -0.2) is 42.7 Å². The van der Waals surface area contributed by atoms with Gasteiger partial charge in [-0.3, -0.25) is 4.79 Å². The van der Waals surface area contributed by atoms with Gasteiger partial charge in [0.25, 0.3) is 11.7 Å². The Labute approximate surface area is 152 Å². The molecular weight excluding hydrogens is 360 g/mol. The van der Waals surface area contributed by atoms with Gasteiger partial charge in [0.2, 0.25) is 0 Å². The van der Waals surface area contributed by atoms with Crippen LogP contribution < -0.4 is 0 Å². The first-order valence-corrected chi connectivity index (χ1v) is 8.93. The van der Waals surface area contributed by atoms with Crippen LogP contribution in [0.25, 0.3) is 5.65 Å². The zero-order chi connectivity index (χ0) is 18.3. The maximum atomic E-state index is 12.9. The first-order valence-electron chi connectivity index (χ1n) is 8.05. The van der Waals surface area contributed by atoms with Gasteiger partial charge in [-0.2, -0.15) is 13.9 Å². The van der Waals surface area contributed by atoms with Crippen molar-refractivity contribution in [2.45, 2.75) is 30.5 Å². The van der Waals surface area contributed by atoms with E-state index in [-0.39, 0.29) is 5.91 Å². The number of carbonyl (C=O) groups is 1. The van der Waals surface area contributed by atoms with Crippen LogP contribution in [0.15, 0.2) is 35.5 Å². The van der Waals surface area contributed by atoms with Gasteiger partial charge >= 0.3 is 0 Å².